The molecular weight excluding hydrogens is 372 g/mol. The average molecular weight is 389 g/mol. The maximum Gasteiger partial charge on any atom is 0.251 e. The van der Waals surface area contributed by atoms with E-state index in [4.69, 9.17) is 0 Å². The molecule has 1 amide bonds. The molecule has 0 saturated heterocycles. The minimum Gasteiger partial charge on any atom is -0.291 e. The fourth-order valence-corrected chi connectivity index (χ4v) is 2.47. The molecule has 1 N–H and O–H groups in total. The van der Waals surface area contributed by atoms with Gasteiger partial charge in [0.15, 0.2) is 0 Å². The molecule has 0 aliphatic carbocycles. The minimum atomic E-state index is -0.458. The molecule has 2 heterocycles. The highest BCUT2D eigenvalue weighted by Gasteiger charge is 2.17. The molecule has 0 saturated carbocycles. The normalized spacial score (nSPS) is 12.1. The first kappa shape index (κ1) is 16.4. The SMILES string of the molecule is Cc1ccc(Cn2cnc(NC(=O)C(C)n3cc(Br)cn3)n2)cc1. The van der Waals surface area contributed by atoms with Crippen molar-refractivity contribution in [3.05, 3.63) is 58.6 Å². The number of hydrogen-bond acceptors (Lipinski definition) is 4. The molecule has 3 aromatic rings. The van der Waals surface area contributed by atoms with E-state index < -0.39 is 6.04 Å². The third-order valence-corrected chi connectivity index (χ3v) is 3.99. The van der Waals surface area contributed by atoms with Gasteiger partial charge in [-0.15, -0.1) is 5.10 Å². The Morgan fingerprint density at radius 3 is 2.75 bits per heavy atom. The zero-order valence-corrected chi connectivity index (χ0v) is 14.9. The summed E-state index contributed by atoms with van der Waals surface area (Å²) in [6, 6.07) is 7.75. The predicted molar refractivity (Wildman–Crippen MR) is 93.6 cm³/mol. The summed E-state index contributed by atoms with van der Waals surface area (Å²) >= 11 is 3.31. The molecular formula is C16H17BrN6O. The van der Waals surface area contributed by atoms with Gasteiger partial charge in [-0.3, -0.25) is 14.8 Å². The standard InChI is InChI=1S/C16H17BrN6O/c1-11-3-5-13(6-4-11)8-22-10-18-16(21-22)20-15(24)12(2)23-9-14(17)7-19-23/h3-7,9-10,12H,8H2,1-2H3,(H,20,21,24). The molecule has 1 unspecified atom stereocenters. The fourth-order valence-electron chi connectivity index (χ4n) is 2.17. The van der Waals surface area contributed by atoms with E-state index in [1.165, 1.54) is 5.56 Å². The molecule has 0 aliphatic heterocycles. The molecule has 7 nitrogen and oxygen atoms in total. The van der Waals surface area contributed by atoms with E-state index in [-0.39, 0.29) is 11.9 Å². The lowest BCUT2D eigenvalue weighted by molar-refractivity contribution is -0.119. The Labute approximate surface area is 147 Å². The highest BCUT2D eigenvalue weighted by molar-refractivity contribution is 9.10. The van der Waals surface area contributed by atoms with E-state index in [0.717, 1.165) is 10.0 Å². The van der Waals surface area contributed by atoms with Crippen molar-refractivity contribution < 1.29 is 4.79 Å². The van der Waals surface area contributed by atoms with Crippen LogP contribution in [0.3, 0.4) is 0 Å². The van der Waals surface area contributed by atoms with Crippen LogP contribution in [0.5, 0.6) is 0 Å². The van der Waals surface area contributed by atoms with Gasteiger partial charge in [-0.2, -0.15) is 5.10 Å². The van der Waals surface area contributed by atoms with E-state index >= 15 is 0 Å². The molecule has 2 aromatic heterocycles. The number of amides is 1. The molecule has 124 valence electrons. The van der Waals surface area contributed by atoms with Crippen LogP contribution < -0.4 is 5.32 Å². The highest BCUT2D eigenvalue weighted by Crippen LogP contribution is 2.13. The lowest BCUT2D eigenvalue weighted by atomic mass is 10.1. The van der Waals surface area contributed by atoms with Crippen molar-refractivity contribution in [2.75, 3.05) is 5.32 Å². The maximum absolute atomic E-state index is 12.3. The van der Waals surface area contributed by atoms with Crippen molar-refractivity contribution in [2.45, 2.75) is 26.4 Å². The summed E-state index contributed by atoms with van der Waals surface area (Å²) in [5.74, 6) is 0.0591. The van der Waals surface area contributed by atoms with E-state index in [2.05, 4.69) is 48.6 Å². The number of carbonyl (C=O) groups is 1. The Morgan fingerprint density at radius 2 is 2.08 bits per heavy atom. The maximum atomic E-state index is 12.3. The van der Waals surface area contributed by atoms with Gasteiger partial charge >= 0.3 is 0 Å². The molecule has 3 rings (SSSR count). The summed E-state index contributed by atoms with van der Waals surface area (Å²) in [4.78, 5) is 16.4. The van der Waals surface area contributed by atoms with Gasteiger partial charge in [0, 0.05) is 6.20 Å². The summed E-state index contributed by atoms with van der Waals surface area (Å²) in [6.07, 6.45) is 4.98. The van der Waals surface area contributed by atoms with Crippen LogP contribution in [0, 0.1) is 6.92 Å². The summed E-state index contributed by atoms with van der Waals surface area (Å²) in [6.45, 7) is 4.41. The van der Waals surface area contributed by atoms with Gasteiger partial charge in [-0.25, -0.2) is 9.67 Å². The summed E-state index contributed by atoms with van der Waals surface area (Å²) in [7, 11) is 0. The number of aryl methyl sites for hydroxylation is 1. The Bertz CT molecular complexity index is 838. The molecule has 0 fully saturated rings. The van der Waals surface area contributed by atoms with E-state index in [0.29, 0.717) is 6.54 Å². The number of benzene rings is 1. The van der Waals surface area contributed by atoms with Crippen molar-refractivity contribution in [2.24, 2.45) is 0 Å². The first-order valence-electron chi connectivity index (χ1n) is 7.47. The quantitative estimate of drug-likeness (QED) is 0.728. The molecule has 0 spiro atoms. The van der Waals surface area contributed by atoms with Gasteiger partial charge in [-0.05, 0) is 35.3 Å². The summed E-state index contributed by atoms with van der Waals surface area (Å²) in [5.41, 5.74) is 2.34. The Hall–Kier alpha value is -2.48. The average Bonchev–Trinajstić information content (AvgIpc) is 3.18. The summed E-state index contributed by atoms with van der Waals surface area (Å²) in [5, 5.41) is 11.1. The summed E-state index contributed by atoms with van der Waals surface area (Å²) < 4.78 is 4.08. The number of nitrogens with one attached hydrogen (secondary N) is 1. The van der Waals surface area contributed by atoms with Crippen molar-refractivity contribution in [3.8, 4) is 0 Å². The highest BCUT2D eigenvalue weighted by atomic mass is 79.9. The van der Waals surface area contributed by atoms with Gasteiger partial charge < -0.3 is 0 Å². The van der Waals surface area contributed by atoms with Crippen molar-refractivity contribution in [3.63, 3.8) is 0 Å². The van der Waals surface area contributed by atoms with Gasteiger partial charge in [0.05, 0.1) is 17.2 Å². The lowest BCUT2D eigenvalue weighted by Crippen LogP contribution is -2.24. The first-order valence-corrected chi connectivity index (χ1v) is 8.26. The third kappa shape index (κ3) is 3.88. The van der Waals surface area contributed by atoms with Gasteiger partial charge in [0.2, 0.25) is 5.95 Å². The third-order valence-electron chi connectivity index (χ3n) is 3.58. The van der Waals surface area contributed by atoms with Crippen LogP contribution >= 0.6 is 15.9 Å². The monoisotopic (exact) mass is 388 g/mol. The van der Waals surface area contributed by atoms with Crippen LogP contribution in [0.1, 0.15) is 24.1 Å². The number of halogens is 1. The van der Waals surface area contributed by atoms with Crippen LogP contribution in [0.4, 0.5) is 5.95 Å². The Morgan fingerprint density at radius 1 is 1.33 bits per heavy atom. The fraction of sp³-hybridized carbons (Fsp3) is 0.250. The second-order valence-corrected chi connectivity index (χ2v) is 6.47. The molecule has 0 aliphatic rings. The van der Waals surface area contributed by atoms with Crippen LogP contribution in [0.15, 0.2) is 47.5 Å². The van der Waals surface area contributed by atoms with E-state index in [1.54, 1.807) is 35.0 Å². The lowest BCUT2D eigenvalue weighted by Gasteiger charge is -2.10. The van der Waals surface area contributed by atoms with Crippen LogP contribution in [0.25, 0.3) is 0 Å². The topological polar surface area (TPSA) is 77.6 Å². The number of anilines is 1. The number of aromatic nitrogens is 5. The van der Waals surface area contributed by atoms with Crippen molar-refractivity contribution >= 4 is 27.8 Å². The zero-order chi connectivity index (χ0) is 17.1. The molecule has 0 bridgehead atoms. The first-order chi connectivity index (χ1) is 11.5. The number of carbonyl (C=O) groups excluding carboxylic acids is 1. The van der Waals surface area contributed by atoms with Gasteiger partial charge in [0.25, 0.3) is 5.91 Å². The van der Waals surface area contributed by atoms with Crippen molar-refractivity contribution in [1.82, 2.24) is 24.5 Å². The second-order valence-electron chi connectivity index (χ2n) is 5.56. The molecule has 8 heteroatoms. The molecule has 1 atom stereocenters. The van der Waals surface area contributed by atoms with E-state index in [1.807, 2.05) is 19.1 Å². The number of rotatable bonds is 5. The minimum absolute atomic E-state index is 0.223. The van der Waals surface area contributed by atoms with Gasteiger partial charge in [-0.1, -0.05) is 29.8 Å². The van der Waals surface area contributed by atoms with Crippen LogP contribution in [-0.4, -0.2) is 30.5 Å². The number of nitrogens with zero attached hydrogens (tertiary/aromatic N) is 5. The Balaban J connectivity index is 1.63. The largest absolute Gasteiger partial charge is 0.291 e. The molecule has 0 radical (unpaired) electrons. The van der Waals surface area contributed by atoms with E-state index in [9.17, 15) is 4.79 Å². The molecule has 1 aromatic carbocycles. The predicted octanol–water partition coefficient (Wildman–Crippen LogP) is 2.79. The Kier molecular flexibility index (Phi) is 4.75. The smallest absolute Gasteiger partial charge is 0.251 e. The van der Waals surface area contributed by atoms with Gasteiger partial charge in [0.1, 0.15) is 12.4 Å². The van der Waals surface area contributed by atoms with Crippen molar-refractivity contribution in [1.29, 1.82) is 0 Å². The zero-order valence-electron chi connectivity index (χ0n) is 13.3. The molecule has 24 heavy (non-hydrogen) atoms. The van der Waals surface area contributed by atoms with Crippen LogP contribution in [-0.2, 0) is 11.3 Å². The number of hydrogen-bond donors (Lipinski definition) is 1. The second kappa shape index (κ2) is 6.96. The van der Waals surface area contributed by atoms with Crippen LogP contribution in [0.2, 0.25) is 0 Å².